The van der Waals surface area contributed by atoms with Gasteiger partial charge in [-0.25, -0.2) is 4.39 Å². The van der Waals surface area contributed by atoms with Gasteiger partial charge in [-0.2, -0.15) is 0 Å². The van der Waals surface area contributed by atoms with Gasteiger partial charge in [0, 0.05) is 22.9 Å². The van der Waals surface area contributed by atoms with Gasteiger partial charge >= 0.3 is 0 Å². The summed E-state index contributed by atoms with van der Waals surface area (Å²) in [7, 11) is 1.56. The minimum absolute atomic E-state index is 0.109. The van der Waals surface area contributed by atoms with Gasteiger partial charge in [0.25, 0.3) is 0 Å². The van der Waals surface area contributed by atoms with Crippen molar-refractivity contribution >= 4 is 56.9 Å². The molecular weight excluding hydrogens is 403 g/mol. The van der Waals surface area contributed by atoms with Crippen molar-refractivity contribution in [2.24, 2.45) is 0 Å². The number of ether oxygens (including phenoxy) is 1. The first kappa shape index (κ1) is 19.6. The molecular formula is C23H17FN2O3S. The molecule has 0 saturated carbocycles. The van der Waals surface area contributed by atoms with Crippen LogP contribution in [0.2, 0.25) is 0 Å². The number of methoxy groups -OCH3 is 1. The summed E-state index contributed by atoms with van der Waals surface area (Å²) >= 11 is 5.24. The molecule has 3 aromatic carbocycles. The molecule has 0 atom stereocenters. The van der Waals surface area contributed by atoms with E-state index in [-0.39, 0.29) is 10.9 Å². The normalized spacial score (nSPS) is 11.1. The Morgan fingerprint density at radius 1 is 1.07 bits per heavy atom. The molecule has 0 radical (unpaired) electrons. The van der Waals surface area contributed by atoms with Gasteiger partial charge in [0.05, 0.1) is 12.8 Å². The number of carbonyl (C=O) groups is 1. The van der Waals surface area contributed by atoms with Crippen LogP contribution in [0.4, 0.5) is 10.1 Å². The standard InChI is InChI=1S/C23H17FN2O3S/c1-28-21-12-17-16-4-2-3-5-19(16)29-20(17)13-18(21)25-23(30)26-22(27)11-8-14-6-9-15(24)10-7-14/h2-13H,1H3,(H2,25,26,27,30)/b11-8+. The average Bonchev–Trinajstić information content (AvgIpc) is 3.10. The summed E-state index contributed by atoms with van der Waals surface area (Å²) < 4.78 is 24.3. The maximum Gasteiger partial charge on any atom is 0.250 e. The monoisotopic (exact) mass is 420 g/mol. The third-order valence-corrected chi connectivity index (χ3v) is 4.69. The van der Waals surface area contributed by atoms with Crippen molar-refractivity contribution in [2.75, 3.05) is 12.4 Å². The lowest BCUT2D eigenvalue weighted by molar-refractivity contribution is -0.115. The van der Waals surface area contributed by atoms with Crippen molar-refractivity contribution in [3.05, 3.63) is 78.1 Å². The van der Waals surface area contributed by atoms with E-state index in [0.717, 1.165) is 16.4 Å². The predicted octanol–water partition coefficient (Wildman–Crippen LogP) is 5.26. The summed E-state index contributed by atoms with van der Waals surface area (Å²) in [5.74, 6) is -0.189. The Morgan fingerprint density at radius 3 is 2.60 bits per heavy atom. The zero-order chi connectivity index (χ0) is 21.1. The highest BCUT2D eigenvalue weighted by Crippen LogP contribution is 2.36. The van der Waals surface area contributed by atoms with Crippen molar-refractivity contribution in [1.82, 2.24) is 5.32 Å². The quantitative estimate of drug-likeness (QED) is 0.348. The fraction of sp³-hybridized carbons (Fsp3) is 0.0435. The number of hydrogen-bond donors (Lipinski definition) is 2. The lowest BCUT2D eigenvalue weighted by Crippen LogP contribution is -2.32. The van der Waals surface area contributed by atoms with Gasteiger partial charge in [0.2, 0.25) is 5.91 Å². The van der Waals surface area contributed by atoms with Gasteiger partial charge in [-0.3, -0.25) is 10.1 Å². The van der Waals surface area contributed by atoms with Gasteiger partial charge in [-0.05, 0) is 48.1 Å². The van der Waals surface area contributed by atoms with E-state index in [2.05, 4.69) is 10.6 Å². The number of fused-ring (bicyclic) bond motifs is 3. The summed E-state index contributed by atoms with van der Waals surface area (Å²) in [6.45, 7) is 0. The molecule has 0 bridgehead atoms. The van der Waals surface area contributed by atoms with E-state index in [1.165, 1.54) is 18.2 Å². The fourth-order valence-electron chi connectivity index (χ4n) is 3.07. The maximum atomic E-state index is 12.9. The van der Waals surface area contributed by atoms with Gasteiger partial charge in [-0.15, -0.1) is 0 Å². The van der Waals surface area contributed by atoms with Crippen LogP contribution in [0.5, 0.6) is 5.75 Å². The summed E-state index contributed by atoms with van der Waals surface area (Å²) in [5.41, 5.74) is 2.71. The number of anilines is 1. The number of furan rings is 1. The van der Waals surface area contributed by atoms with E-state index in [1.54, 1.807) is 31.4 Å². The first-order valence-corrected chi connectivity index (χ1v) is 9.49. The largest absolute Gasteiger partial charge is 0.495 e. The van der Waals surface area contributed by atoms with Crippen LogP contribution in [-0.4, -0.2) is 18.1 Å². The Hall–Kier alpha value is -3.71. The Bertz CT molecular complexity index is 1280. The van der Waals surface area contributed by atoms with E-state index < -0.39 is 5.91 Å². The maximum absolute atomic E-state index is 12.9. The number of rotatable bonds is 4. The van der Waals surface area contributed by atoms with Crippen LogP contribution in [0.1, 0.15) is 5.56 Å². The van der Waals surface area contributed by atoms with E-state index in [0.29, 0.717) is 22.6 Å². The predicted molar refractivity (Wildman–Crippen MR) is 120 cm³/mol. The molecule has 30 heavy (non-hydrogen) atoms. The first-order valence-electron chi connectivity index (χ1n) is 9.08. The Kier molecular flexibility index (Phi) is 5.45. The number of halogens is 1. The van der Waals surface area contributed by atoms with Crippen LogP contribution in [0.25, 0.3) is 28.0 Å². The molecule has 1 amide bonds. The molecule has 0 aliphatic carbocycles. The lowest BCUT2D eigenvalue weighted by Gasteiger charge is -2.12. The highest BCUT2D eigenvalue weighted by molar-refractivity contribution is 7.80. The van der Waals surface area contributed by atoms with Crippen LogP contribution >= 0.6 is 12.2 Å². The Balaban J connectivity index is 1.50. The van der Waals surface area contributed by atoms with Crippen molar-refractivity contribution < 1.29 is 18.3 Å². The number of thiocarbonyl (C=S) groups is 1. The first-order chi connectivity index (χ1) is 14.5. The molecule has 4 rings (SSSR count). The van der Waals surface area contributed by atoms with Gasteiger partial charge in [0.15, 0.2) is 5.11 Å². The van der Waals surface area contributed by atoms with Crippen LogP contribution < -0.4 is 15.4 Å². The zero-order valence-electron chi connectivity index (χ0n) is 15.9. The number of amides is 1. The van der Waals surface area contributed by atoms with Gasteiger partial charge < -0.3 is 14.5 Å². The molecule has 2 N–H and O–H groups in total. The third kappa shape index (κ3) is 4.16. The molecule has 4 aromatic rings. The lowest BCUT2D eigenvalue weighted by atomic mass is 10.1. The second-order valence-electron chi connectivity index (χ2n) is 6.48. The molecule has 0 unspecified atom stereocenters. The molecule has 0 spiro atoms. The zero-order valence-corrected chi connectivity index (χ0v) is 16.8. The summed E-state index contributed by atoms with van der Waals surface area (Å²) in [6, 6.07) is 17.2. The molecule has 1 heterocycles. The van der Waals surface area contributed by atoms with Crippen molar-refractivity contribution in [3.8, 4) is 5.75 Å². The van der Waals surface area contributed by atoms with E-state index in [4.69, 9.17) is 21.4 Å². The minimum atomic E-state index is -0.416. The van der Waals surface area contributed by atoms with Crippen molar-refractivity contribution in [1.29, 1.82) is 0 Å². The second-order valence-corrected chi connectivity index (χ2v) is 6.88. The smallest absolute Gasteiger partial charge is 0.250 e. The number of carbonyl (C=O) groups excluding carboxylic acids is 1. The fourth-order valence-corrected chi connectivity index (χ4v) is 3.28. The molecule has 1 aromatic heterocycles. The Labute approximate surface area is 177 Å². The molecule has 0 aliphatic heterocycles. The highest BCUT2D eigenvalue weighted by Gasteiger charge is 2.13. The topological polar surface area (TPSA) is 63.5 Å². The van der Waals surface area contributed by atoms with Crippen LogP contribution in [0.15, 0.2) is 71.2 Å². The molecule has 150 valence electrons. The second kappa shape index (κ2) is 8.34. The number of benzene rings is 3. The molecule has 0 saturated heterocycles. The van der Waals surface area contributed by atoms with Gasteiger partial charge in [0.1, 0.15) is 22.7 Å². The number of para-hydroxylation sites is 1. The van der Waals surface area contributed by atoms with E-state index in [1.807, 2.05) is 30.3 Å². The molecule has 5 nitrogen and oxygen atoms in total. The van der Waals surface area contributed by atoms with E-state index in [9.17, 15) is 9.18 Å². The SMILES string of the molecule is COc1cc2c(cc1NC(=S)NC(=O)/C=C/c1ccc(F)cc1)oc1ccccc12. The Morgan fingerprint density at radius 2 is 1.83 bits per heavy atom. The third-order valence-electron chi connectivity index (χ3n) is 4.48. The molecule has 0 aliphatic rings. The highest BCUT2D eigenvalue weighted by atomic mass is 32.1. The number of hydrogen-bond acceptors (Lipinski definition) is 4. The summed E-state index contributed by atoms with van der Waals surface area (Å²) in [5, 5.41) is 7.55. The van der Waals surface area contributed by atoms with Crippen molar-refractivity contribution in [3.63, 3.8) is 0 Å². The minimum Gasteiger partial charge on any atom is -0.495 e. The molecule has 7 heteroatoms. The van der Waals surface area contributed by atoms with Crippen LogP contribution in [-0.2, 0) is 4.79 Å². The molecule has 0 fully saturated rings. The average molecular weight is 420 g/mol. The van der Waals surface area contributed by atoms with E-state index >= 15 is 0 Å². The van der Waals surface area contributed by atoms with Crippen LogP contribution in [0, 0.1) is 5.82 Å². The summed E-state index contributed by atoms with van der Waals surface area (Å²) in [6.07, 6.45) is 2.89. The summed E-state index contributed by atoms with van der Waals surface area (Å²) in [4.78, 5) is 12.1. The van der Waals surface area contributed by atoms with Gasteiger partial charge in [-0.1, -0.05) is 30.3 Å². The van der Waals surface area contributed by atoms with Crippen molar-refractivity contribution in [2.45, 2.75) is 0 Å². The number of nitrogens with one attached hydrogen (secondary N) is 2. The van der Waals surface area contributed by atoms with Crippen LogP contribution in [0.3, 0.4) is 0 Å².